The number of fused-ring (bicyclic) bond motifs is 1. The van der Waals surface area contributed by atoms with Crippen molar-refractivity contribution in [3.05, 3.63) is 0 Å². The minimum Gasteiger partial charge on any atom is -0.180 e. The third-order valence-electron chi connectivity index (χ3n) is 0.924. The number of nitrogens with zero attached hydrogens (tertiary/aromatic N) is 5. The van der Waals surface area contributed by atoms with Gasteiger partial charge in [0.05, 0.1) is 0 Å². The Morgan fingerprint density at radius 1 is 1.11 bits per heavy atom. The van der Waals surface area contributed by atoms with Crippen LogP contribution in [-0.4, -0.2) is 17.5 Å². The molecular weight excluding hydrogens is 125 g/mol. The summed E-state index contributed by atoms with van der Waals surface area (Å²) in [6, 6.07) is 0. The smallest absolute Gasteiger partial charge is 0.180 e. The number of amidine groups is 1. The normalized spacial score (nSPS) is 21.2. The van der Waals surface area contributed by atoms with E-state index in [1.807, 2.05) is 0 Å². The largest absolute Gasteiger partial charge is 0.264 e. The Hall–Kier alpha value is -1.46. The van der Waals surface area contributed by atoms with Crippen molar-refractivity contribution in [2.24, 2.45) is 25.6 Å². The summed E-state index contributed by atoms with van der Waals surface area (Å²) in [5, 5.41) is 16.3. The maximum Gasteiger partial charge on any atom is 0.264 e. The molecule has 0 amide bonds. The van der Waals surface area contributed by atoms with E-state index in [9.17, 15) is 4.39 Å². The number of hydrogen-bond donors (Lipinski definition) is 0. The van der Waals surface area contributed by atoms with Gasteiger partial charge in [0.2, 0.25) is 5.84 Å². The van der Waals surface area contributed by atoms with E-state index in [0.29, 0.717) is 0 Å². The molecule has 0 aromatic heterocycles. The van der Waals surface area contributed by atoms with Crippen LogP contribution < -0.4 is 0 Å². The van der Waals surface area contributed by atoms with Crippen LogP contribution in [-0.2, 0) is 0 Å². The first kappa shape index (κ1) is 4.42. The van der Waals surface area contributed by atoms with Crippen molar-refractivity contribution in [3.63, 3.8) is 0 Å². The first-order chi connectivity index (χ1) is 4.38. The molecule has 0 fully saturated rings. The average Bonchev–Trinajstić information content (AvgIpc) is 2.35. The Kier molecular flexibility index (Phi) is 0.627. The monoisotopic (exact) mass is 125 g/mol. The fourth-order valence-corrected chi connectivity index (χ4v) is 0.541. The van der Waals surface area contributed by atoms with Crippen LogP contribution in [0.1, 0.15) is 0 Å². The lowest BCUT2D eigenvalue weighted by Crippen LogP contribution is -2.10. The van der Waals surface area contributed by atoms with Gasteiger partial charge >= 0.3 is 0 Å². The van der Waals surface area contributed by atoms with Crippen LogP contribution >= 0.6 is 0 Å². The van der Waals surface area contributed by atoms with Crippen molar-refractivity contribution in [3.8, 4) is 0 Å². The van der Waals surface area contributed by atoms with Crippen molar-refractivity contribution in [1.82, 2.24) is 0 Å². The van der Waals surface area contributed by atoms with E-state index in [-0.39, 0.29) is 11.5 Å². The van der Waals surface area contributed by atoms with Crippen LogP contribution in [0, 0.1) is 0 Å². The second kappa shape index (κ2) is 1.28. The molecule has 2 rings (SSSR count). The van der Waals surface area contributed by atoms with Crippen molar-refractivity contribution in [2.75, 3.05) is 0 Å². The molecule has 0 aromatic rings. The molecule has 9 heavy (non-hydrogen) atoms. The topological polar surface area (TPSA) is 61.8 Å². The van der Waals surface area contributed by atoms with Crippen LogP contribution in [0.25, 0.3) is 0 Å². The van der Waals surface area contributed by atoms with Crippen LogP contribution in [0.2, 0.25) is 0 Å². The van der Waals surface area contributed by atoms with Crippen LogP contribution in [0.15, 0.2) is 25.6 Å². The van der Waals surface area contributed by atoms with Gasteiger partial charge in [0.1, 0.15) is 0 Å². The van der Waals surface area contributed by atoms with E-state index in [1.165, 1.54) is 0 Å². The summed E-state index contributed by atoms with van der Waals surface area (Å²) in [7, 11) is 0. The molecule has 6 heteroatoms. The molecule has 0 aromatic carbocycles. The zero-order valence-electron chi connectivity index (χ0n) is 4.11. The van der Waals surface area contributed by atoms with Crippen LogP contribution in [0.5, 0.6) is 0 Å². The predicted octanol–water partition coefficient (Wildman–Crippen LogP) is 0.503. The zero-order chi connectivity index (χ0) is 6.27. The Morgan fingerprint density at radius 3 is 2.78 bits per heavy atom. The highest BCUT2D eigenvalue weighted by Gasteiger charge is 2.25. The van der Waals surface area contributed by atoms with Crippen molar-refractivity contribution in [2.45, 2.75) is 0 Å². The van der Waals surface area contributed by atoms with Gasteiger partial charge in [-0.2, -0.15) is 4.39 Å². The lowest BCUT2D eigenvalue weighted by molar-refractivity contribution is 0.815. The van der Waals surface area contributed by atoms with Gasteiger partial charge in [-0.3, -0.25) is 0 Å². The summed E-state index contributed by atoms with van der Waals surface area (Å²) in [6.07, 6.45) is 0. The molecular formula is C3FN5. The lowest BCUT2D eigenvalue weighted by Gasteiger charge is -1.77. The molecule has 0 spiro atoms. The molecule has 0 bridgehead atoms. The molecule has 0 atom stereocenters. The van der Waals surface area contributed by atoms with Gasteiger partial charge in [0, 0.05) is 0 Å². The van der Waals surface area contributed by atoms with Crippen molar-refractivity contribution < 1.29 is 4.39 Å². The SMILES string of the molecule is FC1=NN=C2N=NN=C12. The summed E-state index contributed by atoms with van der Waals surface area (Å²) < 4.78 is 12.3. The molecule has 0 N–H and O–H groups in total. The first-order valence-electron chi connectivity index (χ1n) is 2.18. The Morgan fingerprint density at radius 2 is 2.00 bits per heavy atom. The second-order valence-corrected chi connectivity index (χ2v) is 1.45. The van der Waals surface area contributed by atoms with Gasteiger partial charge in [0.25, 0.3) is 5.97 Å². The maximum absolute atomic E-state index is 12.3. The van der Waals surface area contributed by atoms with E-state index in [0.717, 1.165) is 0 Å². The second-order valence-electron chi connectivity index (χ2n) is 1.45. The van der Waals surface area contributed by atoms with Crippen molar-refractivity contribution >= 4 is 17.5 Å². The van der Waals surface area contributed by atoms with E-state index in [1.54, 1.807) is 0 Å². The van der Waals surface area contributed by atoms with Gasteiger partial charge in [-0.15, -0.1) is 20.4 Å². The number of rotatable bonds is 0. The van der Waals surface area contributed by atoms with E-state index in [2.05, 4.69) is 25.6 Å². The Balaban J connectivity index is 2.53. The first-order valence-corrected chi connectivity index (χ1v) is 2.18. The third-order valence-corrected chi connectivity index (χ3v) is 0.924. The molecule has 0 radical (unpaired) electrons. The lowest BCUT2D eigenvalue weighted by atomic mass is 10.4. The van der Waals surface area contributed by atoms with Gasteiger partial charge in [-0.05, 0) is 5.22 Å². The molecule has 2 aliphatic heterocycles. The fraction of sp³-hybridized carbons (Fsp3) is 0. The summed E-state index contributed by atoms with van der Waals surface area (Å²) in [4.78, 5) is 0. The Labute approximate surface area is 48.7 Å². The van der Waals surface area contributed by atoms with E-state index in [4.69, 9.17) is 0 Å². The molecule has 0 unspecified atom stereocenters. The third kappa shape index (κ3) is 0.438. The van der Waals surface area contributed by atoms with Gasteiger partial charge in [-0.1, -0.05) is 0 Å². The van der Waals surface area contributed by atoms with Crippen LogP contribution in [0.3, 0.4) is 0 Å². The molecule has 0 saturated heterocycles. The summed E-state index contributed by atoms with van der Waals surface area (Å²) in [6.45, 7) is 0. The average molecular weight is 125 g/mol. The molecule has 0 aliphatic carbocycles. The predicted molar refractivity (Wildman–Crippen MR) is 28.3 cm³/mol. The molecule has 2 heterocycles. The summed E-state index contributed by atoms with van der Waals surface area (Å²) in [5.41, 5.74) is 0.0370. The highest BCUT2D eigenvalue weighted by Crippen LogP contribution is 2.08. The number of hydrogen-bond acceptors (Lipinski definition) is 5. The quantitative estimate of drug-likeness (QED) is 0.452. The van der Waals surface area contributed by atoms with Crippen molar-refractivity contribution in [1.29, 1.82) is 0 Å². The molecule has 5 nitrogen and oxygen atoms in total. The maximum atomic E-state index is 12.3. The minimum atomic E-state index is -0.713. The van der Waals surface area contributed by atoms with E-state index < -0.39 is 5.97 Å². The zero-order valence-corrected chi connectivity index (χ0v) is 4.11. The molecule has 0 saturated carbocycles. The van der Waals surface area contributed by atoms with Gasteiger partial charge < -0.3 is 0 Å². The van der Waals surface area contributed by atoms with Gasteiger partial charge in [-0.25, -0.2) is 0 Å². The molecule has 44 valence electrons. The molecule has 2 aliphatic rings. The Bertz CT molecular complexity index is 272. The van der Waals surface area contributed by atoms with Crippen LogP contribution in [0.4, 0.5) is 4.39 Å². The fourth-order valence-electron chi connectivity index (χ4n) is 0.541. The summed E-state index contributed by atoms with van der Waals surface area (Å²) >= 11 is 0. The summed E-state index contributed by atoms with van der Waals surface area (Å²) in [5.74, 6) is -0.553. The highest BCUT2D eigenvalue weighted by molar-refractivity contribution is 6.68. The minimum absolute atomic E-state index is 0.0370. The van der Waals surface area contributed by atoms with E-state index >= 15 is 0 Å². The number of halogens is 1. The van der Waals surface area contributed by atoms with Gasteiger partial charge in [0.15, 0.2) is 5.71 Å². The standard InChI is InChI=1S/C3FN5/c4-2-1-3(7-6-2)8-9-5-1. The highest BCUT2D eigenvalue weighted by atomic mass is 19.1.